The van der Waals surface area contributed by atoms with E-state index in [9.17, 15) is 4.79 Å². The van der Waals surface area contributed by atoms with Crippen LogP contribution in [0.3, 0.4) is 0 Å². The molecule has 0 saturated heterocycles. The van der Waals surface area contributed by atoms with Crippen molar-refractivity contribution < 1.29 is 9.21 Å². The first-order valence-electron chi connectivity index (χ1n) is 3.76. The highest BCUT2D eigenvalue weighted by Gasteiger charge is 2.08. The molecule has 72 valence electrons. The Kier molecular flexibility index (Phi) is 4.18. The number of rotatable bonds is 4. The van der Waals surface area contributed by atoms with Gasteiger partial charge in [0.2, 0.25) is 0 Å². The van der Waals surface area contributed by atoms with Crippen molar-refractivity contribution in [2.75, 3.05) is 18.6 Å². The smallest absolute Gasteiger partial charge is 0.287 e. The van der Waals surface area contributed by atoms with Crippen molar-refractivity contribution in [3.05, 3.63) is 23.1 Å². The minimum Gasteiger partial charge on any atom is -0.440 e. The quantitative estimate of drug-likeness (QED) is 0.788. The molecule has 0 atom stereocenters. The van der Waals surface area contributed by atoms with Gasteiger partial charge in [-0.1, -0.05) is 0 Å². The van der Waals surface area contributed by atoms with Gasteiger partial charge in [0.1, 0.15) is 0 Å². The molecule has 0 bridgehead atoms. The number of halogens is 1. The van der Waals surface area contributed by atoms with Crippen molar-refractivity contribution in [3.8, 4) is 0 Å². The zero-order chi connectivity index (χ0) is 9.68. The number of carbonyl (C=O) groups excluding carboxylic acids is 1. The highest BCUT2D eigenvalue weighted by atomic mass is 35.5. The average molecular weight is 220 g/mol. The van der Waals surface area contributed by atoms with Crippen LogP contribution in [0.4, 0.5) is 0 Å². The number of furan rings is 1. The molecule has 13 heavy (non-hydrogen) atoms. The molecule has 0 aliphatic heterocycles. The summed E-state index contributed by atoms with van der Waals surface area (Å²) in [5.74, 6) is 0.923. The van der Waals surface area contributed by atoms with Gasteiger partial charge in [-0.15, -0.1) is 0 Å². The van der Waals surface area contributed by atoms with E-state index in [1.807, 2.05) is 6.26 Å². The maximum absolute atomic E-state index is 11.3. The van der Waals surface area contributed by atoms with Gasteiger partial charge in [-0.05, 0) is 30.0 Å². The van der Waals surface area contributed by atoms with Gasteiger partial charge in [0.15, 0.2) is 11.0 Å². The van der Waals surface area contributed by atoms with Crippen molar-refractivity contribution in [1.29, 1.82) is 0 Å². The van der Waals surface area contributed by atoms with Gasteiger partial charge < -0.3 is 9.73 Å². The van der Waals surface area contributed by atoms with E-state index >= 15 is 0 Å². The summed E-state index contributed by atoms with van der Waals surface area (Å²) in [4.78, 5) is 11.3. The Labute approximate surface area is 85.8 Å². The van der Waals surface area contributed by atoms with E-state index < -0.39 is 0 Å². The zero-order valence-electron chi connectivity index (χ0n) is 7.17. The van der Waals surface area contributed by atoms with E-state index in [2.05, 4.69) is 5.32 Å². The lowest BCUT2D eigenvalue weighted by Crippen LogP contribution is -2.25. The Hall–Kier alpha value is -0.610. The number of nitrogens with one attached hydrogen (secondary N) is 1. The number of hydrogen-bond donors (Lipinski definition) is 1. The normalized spacial score (nSPS) is 10.0. The van der Waals surface area contributed by atoms with Crippen LogP contribution >= 0.6 is 23.4 Å². The Balaban J connectivity index is 2.40. The fourth-order valence-electron chi connectivity index (χ4n) is 0.790. The van der Waals surface area contributed by atoms with Crippen LogP contribution in [-0.2, 0) is 0 Å². The summed E-state index contributed by atoms with van der Waals surface area (Å²) in [5, 5.41) is 2.93. The molecule has 1 rings (SSSR count). The molecule has 1 amide bonds. The molecule has 5 heteroatoms. The van der Waals surface area contributed by atoms with Crippen LogP contribution in [-0.4, -0.2) is 24.5 Å². The molecule has 0 aromatic carbocycles. The topological polar surface area (TPSA) is 42.2 Å². The Morgan fingerprint density at radius 2 is 2.46 bits per heavy atom. The number of hydrogen-bond acceptors (Lipinski definition) is 3. The fourth-order valence-corrected chi connectivity index (χ4v) is 1.24. The average Bonchev–Trinajstić information content (AvgIpc) is 2.52. The molecule has 1 heterocycles. The van der Waals surface area contributed by atoms with Gasteiger partial charge in [0.25, 0.3) is 5.91 Å². The largest absolute Gasteiger partial charge is 0.440 e. The molecule has 0 unspecified atom stereocenters. The van der Waals surface area contributed by atoms with Crippen molar-refractivity contribution in [3.63, 3.8) is 0 Å². The van der Waals surface area contributed by atoms with Crippen LogP contribution in [0, 0.1) is 0 Å². The third-order valence-electron chi connectivity index (χ3n) is 1.39. The van der Waals surface area contributed by atoms with Crippen LogP contribution in [0.5, 0.6) is 0 Å². The van der Waals surface area contributed by atoms with E-state index in [4.69, 9.17) is 16.0 Å². The lowest BCUT2D eigenvalue weighted by molar-refractivity contribution is 0.0928. The third-order valence-corrected chi connectivity index (χ3v) is 2.20. The van der Waals surface area contributed by atoms with E-state index in [0.29, 0.717) is 6.54 Å². The summed E-state index contributed by atoms with van der Waals surface area (Å²) in [6.45, 7) is 0.637. The molecule has 1 N–H and O–H groups in total. The second-order valence-corrected chi connectivity index (χ2v) is 3.71. The predicted molar refractivity (Wildman–Crippen MR) is 54.4 cm³/mol. The molecule has 0 saturated carbocycles. The number of amides is 1. The summed E-state index contributed by atoms with van der Waals surface area (Å²) in [5.41, 5.74) is 0. The summed E-state index contributed by atoms with van der Waals surface area (Å²) >= 11 is 7.19. The van der Waals surface area contributed by atoms with Crippen molar-refractivity contribution in [1.82, 2.24) is 5.32 Å². The lowest BCUT2D eigenvalue weighted by Gasteiger charge is -1.99. The van der Waals surface area contributed by atoms with Crippen molar-refractivity contribution >= 4 is 29.3 Å². The van der Waals surface area contributed by atoms with Gasteiger partial charge in [0, 0.05) is 12.3 Å². The van der Waals surface area contributed by atoms with Gasteiger partial charge in [0.05, 0.1) is 0 Å². The van der Waals surface area contributed by atoms with E-state index in [0.717, 1.165) is 5.75 Å². The molecule has 0 spiro atoms. The summed E-state index contributed by atoms with van der Waals surface area (Å²) < 4.78 is 4.92. The molecule has 3 nitrogen and oxygen atoms in total. The van der Waals surface area contributed by atoms with E-state index in [-0.39, 0.29) is 16.9 Å². The summed E-state index contributed by atoms with van der Waals surface area (Å²) in [6, 6.07) is 3.10. The molecule has 1 aromatic rings. The monoisotopic (exact) mass is 219 g/mol. The SMILES string of the molecule is CSCCNC(=O)c1ccc(Cl)o1. The Morgan fingerprint density at radius 3 is 3.00 bits per heavy atom. The molecule has 0 aliphatic rings. The maximum Gasteiger partial charge on any atom is 0.287 e. The van der Waals surface area contributed by atoms with Crippen LogP contribution in [0.2, 0.25) is 5.22 Å². The van der Waals surface area contributed by atoms with E-state index in [1.54, 1.807) is 23.9 Å². The molecule has 0 fully saturated rings. The molecule has 0 radical (unpaired) electrons. The summed E-state index contributed by atoms with van der Waals surface area (Å²) in [6.07, 6.45) is 1.98. The highest BCUT2D eigenvalue weighted by Crippen LogP contribution is 2.12. The molecule has 1 aromatic heterocycles. The first-order chi connectivity index (χ1) is 6.24. The van der Waals surface area contributed by atoms with Gasteiger partial charge >= 0.3 is 0 Å². The van der Waals surface area contributed by atoms with Gasteiger partial charge in [-0.25, -0.2) is 0 Å². The van der Waals surface area contributed by atoms with Crippen molar-refractivity contribution in [2.45, 2.75) is 0 Å². The second-order valence-electron chi connectivity index (χ2n) is 2.35. The third kappa shape index (κ3) is 3.32. The first kappa shape index (κ1) is 10.5. The van der Waals surface area contributed by atoms with E-state index in [1.165, 1.54) is 0 Å². The molecular weight excluding hydrogens is 210 g/mol. The van der Waals surface area contributed by atoms with Gasteiger partial charge in [-0.3, -0.25) is 4.79 Å². The number of thioether (sulfide) groups is 1. The minimum absolute atomic E-state index is 0.221. The summed E-state index contributed by atoms with van der Waals surface area (Å²) in [7, 11) is 0. The first-order valence-corrected chi connectivity index (χ1v) is 5.53. The van der Waals surface area contributed by atoms with Crippen LogP contribution in [0.25, 0.3) is 0 Å². The zero-order valence-corrected chi connectivity index (χ0v) is 8.74. The van der Waals surface area contributed by atoms with Crippen LogP contribution in [0.15, 0.2) is 16.5 Å². The maximum atomic E-state index is 11.3. The molecular formula is C8H10ClNO2S. The standard InChI is InChI=1S/C8H10ClNO2S/c1-13-5-4-10-8(11)6-2-3-7(9)12-6/h2-3H,4-5H2,1H3,(H,10,11). The number of carbonyl (C=O) groups is 1. The Bertz CT molecular complexity index is 287. The lowest BCUT2D eigenvalue weighted by atomic mass is 10.4. The minimum atomic E-state index is -0.221. The second kappa shape index (κ2) is 5.19. The van der Waals surface area contributed by atoms with Gasteiger partial charge in [-0.2, -0.15) is 11.8 Å². The van der Waals surface area contributed by atoms with Crippen LogP contribution in [0.1, 0.15) is 10.6 Å². The van der Waals surface area contributed by atoms with Crippen molar-refractivity contribution in [2.24, 2.45) is 0 Å². The fraction of sp³-hybridized carbons (Fsp3) is 0.375. The Morgan fingerprint density at radius 1 is 1.69 bits per heavy atom. The molecule has 0 aliphatic carbocycles. The predicted octanol–water partition coefficient (Wildman–Crippen LogP) is 2.03. The highest BCUT2D eigenvalue weighted by molar-refractivity contribution is 7.98. The van der Waals surface area contributed by atoms with Crippen LogP contribution < -0.4 is 5.32 Å².